The van der Waals surface area contributed by atoms with Gasteiger partial charge in [-0.3, -0.25) is 0 Å². The first kappa shape index (κ1) is 16.8. The van der Waals surface area contributed by atoms with Crippen molar-refractivity contribution < 1.29 is 10.2 Å². The van der Waals surface area contributed by atoms with Crippen molar-refractivity contribution >= 4 is 0 Å². The van der Waals surface area contributed by atoms with Gasteiger partial charge in [0.2, 0.25) is 6.41 Å². The average molecular weight is 246 g/mol. The van der Waals surface area contributed by atoms with Gasteiger partial charge in [-0.2, -0.15) is 0 Å². The van der Waals surface area contributed by atoms with Gasteiger partial charge in [-0.15, -0.1) is 0 Å². The first-order valence-corrected chi connectivity index (χ1v) is 6.98. The minimum absolute atomic E-state index is 0.216. The van der Waals surface area contributed by atoms with Crippen LogP contribution in [0.3, 0.4) is 0 Å². The predicted molar refractivity (Wildman–Crippen MR) is 70.1 cm³/mol. The zero-order chi connectivity index (χ0) is 12.9. The standard InChI is InChI=1S/C13H28NO3/c1-2-3-4-5-6-7-8-9-10-11-12-14(17)13(15)16/h13,15-16H,2-12H2,1H3/q-1. The molecule has 0 aliphatic rings. The summed E-state index contributed by atoms with van der Waals surface area (Å²) in [5.74, 6) is 0. The van der Waals surface area contributed by atoms with Crippen molar-refractivity contribution in [1.29, 1.82) is 0 Å². The van der Waals surface area contributed by atoms with E-state index in [9.17, 15) is 5.21 Å². The van der Waals surface area contributed by atoms with Gasteiger partial charge < -0.3 is 20.5 Å². The Bertz CT molecular complexity index is 154. The molecule has 104 valence electrons. The molecule has 0 saturated carbocycles. The van der Waals surface area contributed by atoms with Crippen LogP contribution in [0.15, 0.2) is 0 Å². The van der Waals surface area contributed by atoms with Crippen LogP contribution in [0.25, 0.3) is 0 Å². The molecular weight excluding hydrogens is 218 g/mol. The number of unbranched alkanes of at least 4 members (excludes halogenated alkanes) is 9. The van der Waals surface area contributed by atoms with E-state index in [2.05, 4.69) is 6.92 Å². The van der Waals surface area contributed by atoms with Gasteiger partial charge in [-0.05, 0) is 13.0 Å². The number of aliphatic hydroxyl groups is 2. The van der Waals surface area contributed by atoms with E-state index in [4.69, 9.17) is 10.2 Å². The van der Waals surface area contributed by atoms with Gasteiger partial charge in [0, 0.05) is 0 Å². The van der Waals surface area contributed by atoms with Crippen LogP contribution in [0.1, 0.15) is 71.1 Å². The third-order valence-electron chi connectivity index (χ3n) is 2.99. The van der Waals surface area contributed by atoms with Gasteiger partial charge in [0.05, 0.1) is 0 Å². The second-order valence-corrected chi connectivity index (χ2v) is 4.67. The molecule has 0 atom stereocenters. The SMILES string of the molecule is CCCCCCCCCCCCN([O-])C(O)O. The minimum Gasteiger partial charge on any atom is -0.782 e. The van der Waals surface area contributed by atoms with Crippen molar-refractivity contribution in [2.45, 2.75) is 77.5 Å². The van der Waals surface area contributed by atoms with Crippen LogP contribution in [0.2, 0.25) is 0 Å². The molecule has 2 N–H and O–H groups in total. The fourth-order valence-corrected chi connectivity index (χ4v) is 1.87. The molecule has 0 aromatic carbocycles. The summed E-state index contributed by atoms with van der Waals surface area (Å²) in [4.78, 5) is 0. The molecule has 0 amide bonds. The molecule has 4 heteroatoms. The first-order valence-electron chi connectivity index (χ1n) is 6.98. The molecule has 0 aliphatic heterocycles. The maximum atomic E-state index is 10.8. The normalized spacial score (nSPS) is 11.6. The lowest BCUT2D eigenvalue weighted by Crippen LogP contribution is -2.30. The maximum absolute atomic E-state index is 10.8. The summed E-state index contributed by atoms with van der Waals surface area (Å²) in [5.41, 5.74) is 0. The summed E-state index contributed by atoms with van der Waals surface area (Å²) in [6.07, 6.45) is 10.2. The molecule has 0 fully saturated rings. The van der Waals surface area contributed by atoms with Crippen LogP contribution in [-0.4, -0.2) is 28.2 Å². The summed E-state index contributed by atoms with van der Waals surface area (Å²) in [7, 11) is 0. The Kier molecular flexibility index (Phi) is 12.2. The van der Waals surface area contributed by atoms with E-state index in [0.717, 1.165) is 19.3 Å². The molecule has 0 spiro atoms. The van der Waals surface area contributed by atoms with Crippen LogP contribution in [0.5, 0.6) is 0 Å². The summed E-state index contributed by atoms with van der Waals surface area (Å²) >= 11 is 0. The highest BCUT2D eigenvalue weighted by atomic mass is 16.6. The van der Waals surface area contributed by atoms with Crippen molar-refractivity contribution in [2.24, 2.45) is 0 Å². The van der Waals surface area contributed by atoms with Crippen molar-refractivity contribution in [3.05, 3.63) is 5.21 Å². The van der Waals surface area contributed by atoms with E-state index in [1.54, 1.807) is 0 Å². The highest BCUT2D eigenvalue weighted by Gasteiger charge is 1.99. The van der Waals surface area contributed by atoms with E-state index < -0.39 is 6.41 Å². The molecule has 0 saturated heterocycles. The van der Waals surface area contributed by atoms with Crippen molar-refractivity contribution in [3.63, 3.8) is 0 Å². The largest absolute Gasteiger partial charge is 0.782 e. The van der Waals surface area contributed by atoms with E-state index in [1.165, 1.54) is 44.9 Å². The summed E-state index contributed by atoms with van der Waals surface area (Å²) in [5, 5.41) is 28.2. The Balaban J connectivity index is 3.03. The Morgan fingerprint density at radius 3 is 1.65 bits per heavy atom. The molecule has 0 radical (unpaired) electrons. The van der Waals surface area contributed by atoms with Gasteiger partial charge in [-0.1, -0.05) is 64.7 Å². The number of aliphatic hydroxyl groups excluding tert-OH is 1. The van der Waals surface area contributed by atoms with Crippen LogP contribution in [-0.2, 0) is 0 Å². The van der Waals surface area contributed by atoms with Gasteiger partial charge >= 0.3 is 0 Å². The highest BCUT2D eigenvalue weighted by Crippen LogP contribution is 2.10. The fourth-order valence-electron chi connectivity index (χ4n) is 1.87. The lowest BCUT2D eigenvalue weighted by atomic mass is 10.1. The topological polar surface area (TPSA) is 66.8 Å². The van der Waals surface area contributed by atoms with Crippen LogP contribution in [0, 0.1) is 5.21 Å². The highest BCUT2D eigenvalue weighted by molar-refractivity contribution is 4.54. The molecular formula is C13H28NO3-. The van der Waals surface area contributed by atoms with Crippen molar-refractivity contribution in [3.8, 4) is 0 Å². The van der Waals surface area contributed by atoms with Gasteiger partial charge in [0.1, 0.15) is 0 Å². The molecule has 0 bridgehead atoms. The molecule has 0 aliphatic carbocycles. The number of rotatable bonds is 12. The summed E-state index contributed by atoms with van der Waals surface area (Å²) < 4.78 is 0. The van der Waals surface area contributed by atoms with Gasteiger partial charge in [0.25, 0.3) is 0 Å². The molecule has 0 heterocycles. The average Bonchev–Trinajstić information content (AvgIpc) is 2.31. The third kappa shape index (κ3) is 12.1. The van der Waals surface area contributed by atoms with Crippen LogP contribution in [0.4, 0.5) is 0 Å². The summed E-state index contributed by atoms with van der Waals surface area (Å²) in [6.45, 7) is 2.44. The molecule has 17 heavy (non-hydrogen) atoms. The van der Waals surface area contributed by atoms with Crippen molar-refractivity contribution in [1.82, 2.24) is 5.06 Å². The number of hydrogen-bond donors (Lipinski definition) is 2. The van der Waals surface area contributed by atoms with E-state index >= 15 is 0 Å². The van der Waals surface area contributed by atoms with E-state index in [1.807, 2.05) is 0 Å². The molecule has 0 aromatic rings. The fraction of sp³-hybridized carbons (Fsp3) is 1.00. The Hall–Kier alpha value is -0.160. The number of nitrogens with zero attached hydrogens (tertiary/aromatic N) is 1. The molecule has 0 aromatic heterocycles. The van der Waals surface area contributed by atoms with Gasteiger partial charge in [0.15, 0.2) is 0 Å². The lowest BCUT2D eigenvalue weighted by molar-refractivity contribution is -0.135. The zero-order valence-corrected chi connectivity index (χ0v) is 11.1. The smallest absolute Gasteiger partial charge is 0.201 e. The van der Waals surface area contributed by atoms with Crippen molar-refractivity contribution in [2.75, 3.05) is 6.54 Å². The first-order chi connectivity index (χ1) is 8.18. The second kappa shape index (κ2) is 12.3. The number of hydroxylamine groups is 2. The minimum atomic E-state index is -1.85. The van der Waals surface area contributed by atoms with E-state index in [-0.39, 0.29) is 6.54 Å². The maximum Gasteiger partial charge on any atom is 0.201 e. The van der Waals surface area contributed by atoms with Crippen LogP contribution >= 0.6 is 0 Å². The second-order valence-electron chi connectivity index (χ2n) is 4.67. The zero-order valence-electron chi connectivity index (χ0n) is 11.1. The summed E-state index contributed by atoms with van der Waals surface area (Å²) in [6, 6.07) is 0. The van der Waals surface area contributed by atoms with Gasteiger partial charge in [-0.25, -0.2) is 0 Å². The quantitative estimate of drug-likeness (QED) is 0.315. The predicted octanol–water partition coefficient (Wildman–Crippen LogP) is 2.98. The third-order valence-corrected chi connectivity index (χ3v) is 2.99. The van der Waals surface area contributed by atoms with Crippen LogP contribution < -0.4 is 0 Å². The molecule has 0 rings (SSSR count). The monoisotopic (exact) mass is 246 g/mol. The Labute approximate surface area is 105 Å². The molecule has 4 nitrogen and oxygen atoms in total. The Morgan fingerprint density at radius 1 is 0.824 bits per heavy atom. The lowest BCUT2D eigenvalue weighted by Gasteiger charge is -2.29. The molecule has 0 unspecified atom stereocenters. The Morgan fingerprint density at radius 2 is 1.24 bits per heavy atom. The number of hydrogen-bond acceptors (Lipinski definition) is 4. The van der Waals surface area contributed by atoms with E-state index in [0.29, 0.717) is 5.06 Å².